The molecule has 0 aromatic heterocycles. The van der Waals surface area contributed by atoms with E-state index in [0.717, 1.165) is 24.2 Å². The Morgan fingerprint density at radius 1 is 1.04 bits per heavy atom. The van der Waals surface area contributed by atoms with E-state index in [0.29, 0.717) is 6.42 Å². The quantitative estimate of drug-likeness (QED) is 0.146. The summed E-state index contributed by atoms with van der Waals surface area (Å²) in [6.07, 6.45) is 10.7. The summed E-state index contributed by atoms with van der Waals surface area (Å²) in [6, 6.07) is 1.40. The van der Waals surface area contributed by atoms with Crippen LogP contribution >= 0.6 is 0 Å². The number of nitrogens with zero attached hydrogens (tertiary/aromatic N) is 4. The van der Waals surface area contributed by atoms with Gasteiger partial charge in [-0.1, -0.05) is 63.4 Å². The number of hydrogen-bond acceptors (Lipinski definition) is 6. The van der Waals surface area contributed by atoms with Crippen LogP contribution in [0.15, 0.2) is 5.16 Å². The molecule has 0 bridgehead atoms. The van der Waals surface area contributed by atoms with Crippen molar-refractivity contribution in [1.82, 2.24) is 4.90 Å². The van der Waals surface area contributed by atoms with Crippen LogP contribution in [0.3, 0.4) is 0 Å². The summed E-state index contributed by atoms with van der Waals surface area (Å²) in [7, 11) is 0. The van der Waals surface area contributed by atoms with Crippen LogP contribution in [0.1, 0.15) is 64.7 Å². The smallest absolute Gasteiger partial charge is 0.364 e. The van der Waals surface area contributed by atoms with Crippen molar-refractivity contribution in [2.75, 3.05) is 6.54 Å². The molecule has 0 rings (SSSR count). The van der Waals surface area contributed by atoms with E-state index in [9.17, 15) is 9.59 Å². The lowest BCUT2D eigenvalue weighted by molar-refractivity contribution is -0.112. The van der Waals surface area contributed by atoms with Crippen LogP contribution in [0.4, 0.5) is 4.79 Å². The van der Waals surface area contributed by atoms with Gasteiger partial charge in [-0.3, -0.25) is 9.63 Å². The lowest BCUT2D eigenvalue weighted by atomic mass is 10.1. The Morgan fingerprint density at radius 2 is 1.58 bits per heavy atom. The SMILES string of the molecule is CCCCCCCCCCCN(C#N)C(=O)ON=C(C#N)C(N)=O. The Labute approximate surface area is 142 Å². The third kappa shape index (κ3) is 10.2. The highest BCUT2D eigenvalue weighted by Crippen LogP contribution is 2.10. The van der Waals surface area contributed by atoms with Gasteiger partial charge >= 0.3 is 6.09 Å². The fourth-order valence-electron chi connectivity index (χ4n) is 2.02. The summed E-state index contributed by atoms with van der Waals surface area (Å²) < 4.78 is 0. The molecule has 0 atom stereocenters. The maximum atomic E-state index is 11.6. The zero-order chi connectivity index (χ0) is 18.2. The predicted octanol–water partition coefficient (Wildman–Crippen LogP) is 2.80. The normalized spacial score (nSPS) is 10.5. The summed E-state index contributed by atoms with van der Waals surface area (Å²) in [6.45, 7) is 2.39. The maximum Gasteiger partial charge on any atom is 0.449 e. The van der Waals surface area contributed by atoms with Crippen molar-refractivity contribution < 1.29 is 14.4 Å². The number of hydrogen-bond donors (Lipinski definition) is 1. The van der Waals surface area contributed by atoms with Crippen molar-refractivity contribution in [3.63, 3.8) is 0 Å². The number of nitriles is 2. The van der Waals surface area contributed by atoms with E-state index in [1.165, 1.54) is 38.2 Å². The molecule has 0 aromatic carbocycles. The standard InChI is InChI=1S/C16H25N5O3/c1-2-3-4-5-6-7-8-9-10-11-21(13-18)16(23)24-20-14(12-17)15(19)22/h2-11H2,1H3,(H2,19,22). The van der Waals surface area contributed by atoms with E-state index < -0.39 is 17.7 Å². The fourth-order valence-corrected chi connectivity index (χ4v) is 2.02. The lowest BCUT2D eigenvalue weighted by Gasteiger charge is -2.10. The second kappa shape index (κ2) is 14.0. The van der Waals surface area contributed by atoms with Crippen molar-refractivity contribution in [2.45, 2.75) is 64.7 Å². The second-order valence-corrected chi connectivity index (χ2v) is 5.35. The van der Waals surface area contributed by atoms with E-state index in [-0.39, 0.29) is 6.54 Å². The van der Waals surface area contributed by atoms with Gasteiger partial charge in [-0.05, 0) is 6.42 Å². The molecule has 132 valence electrons. The van der Waals surface area contributed by atoms with Gasteiger partial charge in [0, 0.05) is 6.54 Å². The van der Waals surface area contributed by atoms with Crippen molar-refractivity contribution in [1.29, 1.82) is 10.5 Å². The first-order valence-electron chi connectivity index (χ1n) is 8.22. The van der Waals surface area contributed by atoms with E-state index in [4.69, 9.17) is 16.3 Å². The number of nitrogens with two attached hydrogens (primary N) is 1. The molecule has 0 unspecified atom stereocenters. The first-order valence-corrected chi connectivity index (χ1v) is 8.22. The minimum atomic E-state index is -1.10. The van der Waals surface area contributed by atoms with Gasteiger partial charge in [-0.2, -0.15) is 10.5 Å². The first-order chi connectivity index (χ1) is 11.6. The number of primary amides is 1. The number of unbranched alkanes of at least 4 members (excludes halogenated alkanes) is 8. The molecular formula is C16H25N5O3. The van der Waals surface area contributed by atoms with Gasteiger partial charge in [-0.15, -0.1) is 0 Å². The lowest BCUT2D eigenvalue weighted by Crippen LogP contribution is -2.28. The molecule has 0 heterocycles. The monoisotopic (exact) mass is 335 g/mol. The highest BCUT2D eigenvalue weighted by Gasteiger charge is 2.16. The van der Waals surface area contributed by atoms with Crippen LogP contribution in [-0.4, -0.2) is 29.2 Å². The molecule has 8 nitrogen and oxygen atoms in total. The molecule has 8 heteroatoms. The molecule has 0 aliphatic carbocycles. The van der Waals surface area contributed by atoms with Crippen LogP contribution in [0, 0.1) is 22.8 Å². The summed E-state index contributed by atoms with van der Waals surface area (Å²) in [4.78, 5) is 27.5. The number of oxime groups is 1. The van der Waals surface area contributed by atoms with Crippen molar-refractivity contribution in [3.05, 3.63) is 0 Å². The molecule has 2 N–H and O–H groups in total. The largest absolute Gasteiger partial charge is 0.449 e. The molecule has 0 saturated carbocycles. The highest BCUT2D eigenvalue weighted by molar-refractivity contribution is 6.44. The Bertz CT molecular complexity index is 505. The van der Waals surface area contributed by atoms with Crippen LogP contribution in [-0.2, 0) is 9.63 Å². The van der Waals surface area contributed by atoms with Gasteiger partial charge in [0.25, 0.3) is 5.91 Å². The average molecular weight is 335 g/mol. The Balaban J connectivity index is 3.95. The van der Waals surface area contributed by atoms with Gasteiger partial charge in [0.2, 0.25) is 5.71 Å². The number of amides is 2. The van der Waals surface area contributed by atoms with Gasteiger partial charge in [0.1, 0.15) is 6.07 Å². The Morgan fingerprint density at radius 3 is 2.04 bits per heavy atom. The topological polar surface area (TPSA) is 133 Å². The van der Waals surface area contributed by atoms with Gasteiger partial charge in [-0.25, -0.2) is 9.69 Å². The molecule has 0 spiro atoms. The minimum absolute atomic E-state index is 0.207. The van der Waals surface area contributed by atoms with Crippen LogP contribution in [0.2, 0.25) is 0 Å². The first kappa shape index (κ1) is 21.4. The van der Waals surface area contributed by atoms with Crippen LogP contribution in [0.25, 0.3) is 0 Å². The van der Waals surface area contributed by atoms with Gasteiger partial charge in [0.15, 0.2) is 6.19 Å². The fraction of sp³-hybridized carbons (Fsp3) is 0.688. The molecular weight excluding hydrogens is 310 g/mol. The molecule has 0 fully saturated rings. The van der Waals surface area contributed by atoms with Crippen molar-refractivity contribution in [2.24, 2.45) is 10.9 Å². The molecule has 0 radical (unpaired) electrons. The summed E-state index contributed by atoms with van der Waals surface area (Å²) in [5.41, 5.74) is 4.11. The predicted molar refractivity (Wildman–Crippen MR) is 88.3 cm³/mol. The Hall–Kier alpha value is -2.61. The van der Waals surface area contributed by atoms with Crippen LogP contribution < -0.4 is 5.73 Å². The molecule has 24 heavy (non-hydrogen) atoms. The third-order valence-electron chi connectivity index (χ3n) is 3.38. The molecule has 0 aromatic rings. The second-order valence-electron chi connectivity index (χ2n) is 5.35. The van der Waals surface area contributed by atoms with Gasteiger partial charge < -0.3 is 5.73 Å². The number of carbonyl (C=O) groups excluding carboxylic acids is 2. The van der Waals surface area contributed by atoms with E-state index >= 15 is 0 Å². The third-order valence-corrected chi connectivity index (χ3v) is 3.38. The summed E-state index contributed by atoms with van der Waals surface area (Å²) in [5, 5.41) is 20.5. The summed E-state index contributed by atoms with van der Waals surface area (Å²) in [5.74, 6) is -1.10. The molecule has 0 aliphatic rings. The molecule has 2 amide bonds. The van der Waals surface area contributed by atoms with Crippen molar-refractivity contribution >= 4 is 17.7 Å². The van der Waals surface area contributed by atoms with Crippen LogP contribution in [0.5, 0.6) is 0 Å². The molecule has 0 aliphatic heterocycles. The van der Waals surface area contributed by atoms with E-state index in [2.05, 4.69) is 16.9 Å². The average Bonchev–Trinajstić information content (AvgIpc) is 2.56. The zero-order valence-corrected chi connectivity index (χ0v) is 14.2. The number of carbonyl (C=O) groups is 2. The number of rotatable bonds is 12. The minimum Gasteiger partial charge on any atom is -0.364 e. The highest BCUT2D eigenvalue weighted by atomic mass is 16.7. The van der Waals surface area contributed by atoms with E-state index in [1.807, 2.05) is 0 Å². The zero-order valence-electron chi connectivity index (χ0n) is 14.2. The maximum absolute atomic E-state index is 11.6. The van der Waals surface area contributed by atoms with Crippen molar-refractivity contribution in [3.8, 4) is 12.3 Å². The van der Waals surface area contributed by atoms with E-state index in [1.54, 1.807) is 6.19 Å². The van der Waals surface area contributed by atoms with Gasteiger partial charge in [0.05, 0.1) is 0 Å². The summed E-state index contributed by atoms with van der Waals surface area (Å²) >= 11 is 0. The molecule has 0 saturated heterocycles. The Kier molecular flexibility index (Phi) is 12.5.